The largest absolute Gasteiger partial charge is 0.459 e. The highest BCUT2D eigenvalue weighted by atomic mass is 35.5. The van der Waals surface area contributed by atoms with Gasteiger partial charge in [0.1, 0.15) is 0 Å². The van der Waals surface area contributed by atoms with Crippen molar-refractivity contribution in [2.24, 2.45) is 0 Å². The minimum absolute atomic E-state index is 0. The first kappa shape index (κ1) is 23.1. The van der Waals surface area contributed by atoms with Crippen LogP contribution in [0.5, 0.6) is 0 Å². The summed E-state index contributed by atoms with van der Waals surface area (Å²) in [6.45, 7) is 18.7. The third-order valence-electron chi connectivity index (χ3n) is 2.94. The van der Waals surface area contributed by atoms with E-state index in [-0.39, 0.29) is 24.8 Å². The van der Waals surface area contributed by atoms with Gasteiger partial charge in [0.05, 0.1) is 0 Å². The van der Waals surface area contributed by atoms with Crippen molar-refractivity contribution < 1.29 is 4.12 Å². The predicted molar refractivity (Wildman–Crippen MR) is 90.3 cm³/mol. The van der Waals surface area contributed by atoms with Gasteiger partial charge in [0.25, 0.3) is 0 Å². The molecule has 108 valence electrons. The molecular weight excluding hydrogens is 287 g/mol. The molecule has 17 heavy (non-hydrogen) atoms. The Labute approximate surface area is 124 Å². The summed E-state index contributed by atoms with van der Waals surface area (Å²) in [5.74, 6) is 0. The van der Waals surface area contributed by atoms with Gasteiger partial charge in [-0.15, -0.1) is 24.8 Å². The van der Waals surface area contributed by atoms with Gasteiger partial charge in [-0.1, -0.05) is 55.4 Å². The molecule has 0 radical (unpaired) electrons. The standard InChI is InChI=1S/C12H30OSi2.2ClH/c1-9(2)14(10(3)4)13-15(11(5)6)12(7)8;;/h9-12,14-15H,1-8H3;2*1H. The third-order valence-corrected chi connectivity index (χ3v) is 10.7. The zero-order chi connectivity index (χ0) is 12.2. The summed E-state index contributed by atoms with van der Waals surface area (Å²) in [6, 6.07) is 0. The zero-order valence-corrected chi connectivity index (χ0v) is 16.6. The lowest BCUT2D eigenvalue weighted by atomic mass is 10.5. The second kappa shape index (κ2) is 10.9. The monoisotopic (exact) mass is 318 g/mol. The SMILES string of the molecule is CC(C)[SiH](O[SiH](C(C)C)C(C)C)C(C)C.Cl.Cl. The molecular formula is C12H32Cl2OSi2. The maximum Gasteiger partial charge on any atom is 0.168 e. The summed E-state index contributed by atoms with van der Waals surface area (Å²) in [6.07, 6.45) is 0. The van der Waals surface area contributed by atoms with Crippen LogP contribution in [0, 0.1) is 0 Å². The molecule has 0 rings (SSSR count). The molecule has 0 bridgehead atoms. The Hall–Kier alpha value is 0.974. The van der Waals surface area contributed by atoms with E-state index in [1.807, 2.05) is 0 Å². The molecule has 1 nitrogen and oxygen atoms in total. The van der Waals surface area contributed by atoms with Crippen molar-refractivity contribution in [1.82, 2.24) is 0 Å². The van der Waals surface area contributed by atoms with E-state index in [9.17, 15) is 0 Å². The normalized spacial score (nSPS) is 11.6. The van der Waals surface area contributed by atoms with Gasteiger partial charge in [0, 0.05) is 0 Å². The van der Waals surface area contributed by atoms with Gasteiger partial charge in [-0.25, -0.2) is 0 Å². The van der Waals surface area contributed by atoms with E-state index in [0.717, 1.165) is 22.2 Å². The Morgan fingerprint density at radius 2 is 0.706 bits per heavy atom. The molecule has 0 aromatic rings. The second-order valence-electron chi connectivity index (χ2n) is 6.04. The average molecular weight is 319 g/mol. The van der Waals surface area contributed by atoms with Gasteiger partial charge >= 0.3 is 0 Å². The molecule has 0 aliphatic heterocycles. The fourth-order valence-corrected chi connectivity index (χ4v) is 11.9. The van der Waals surface area contributed by atoms with Crippen molar-refractivity contribution in [3.8, 4) is 0 Å². The Morgan fingerprint density at radius 1 is 0.529 bits per heavy atom. The van der Waals surface area contributed by atoms with E-state index in [4.69, 9.17) is 4.12 Å². The number of halogens is 2. The van der Waals surface area contributed by atoms with Crippen LogP contribution in [0.15, 0.2) is 0 Å². The highest BCUT2D eigenvalue weighted by molar-refractivity contribution is 6.69. The van der Waals surface area contributed by atoms with E-state index in [1.54, 1.807) is 0 Å². The van der Waals surface area contributed by atoms with Gasteiger partial charge in [-0.3, -0.25) is 0 Å². The van der Waals surface area contributed by atoms with Crippen LogP contribution in [-0.2, 0) is 4.12 Å². The van der Waals surface area contributed by atoms with E-state index in [2.05, 4.69) is 55.4 Å². The first-order chi connectivity index (χ1) is 6.77. The molecule has 0 aliphatic rings. The molecule has 0 saturated heterocycles. The molecule has 0 amide bonds. The Bertz CT molecular complexity index is 142. The average Bonchev–Trinajstić information content (AvgIpc) is 2.01. The summed E-state index contributed by atoms with van der Waals surface area (Å²) in [5, 5.41) is 0. The molecule has 0 aromatic heterocycles. The molecule has 0 saturated carbocycles. The zero-order valence-electron chi connectivity index (χ0n) is 12.7. The van der Waals surface area contributed by atoms with Crippen LogP contribution in [0.25, 0.3) is 0 Å². The maximum atomic E-state index is 6.57. The van der Waals surface area contributed by atoms with Crippen molar-refractivity contribution in [2.45, 2.75) is 77.6 Å². The van der Waals surface area contributed by atoms with Crippen molar-refractivity contribution in [2.75, 3.05) is 0 Å². The molecule has 0 spiro atoms. The van der Waals surface area contributed by atoms with Crippen LogP contribution in [0.2, 0.25) is 22.2 Å². The van der Waals surface area contributed by atoms with Crippen molar-refractivity contribution in [1.29, 1.82) is 0 Å². The van der Waals surface area contributed by atoms with Crippen LogP contribution < -0.4 is 0 Å². The Morgan fingerprint density at radius 3 is 0.824 bits per heavy atom. The molecule has 0 heterocycles. The Balaban J connectivity index is -0.000000980. The fraction of sp³-hybridized carbons (Fsp3) is 1.00. The van der Waals surface area contributed by atoms with Crippen LogP contribution in [0.1, 0.15) is 55.4 Å². The minimum atomic E-state index is -0.989. The molecule has 0 unspecified atom stereocenters. The summed E-state index contributed by atoms with van der Waals surface area (Å²) in [4.78, 5) is 0. The maximum absolute atomic E-state index is 6.57. The van der Waals surface area contributed by atoms with Crippen LogP contribution in [0.3, 0.4) is 0 Å². The smallest absolute Gasteiger partial charge is 0.168 e. The van der Waals surface area contributed by atoms with Gasteiger partial charge in [-0.05, 0) is 22.2 Å². The highest BCUT2D eigenvalue weighted by Crippen LogP contribution is 2.28. The van der Waals surface area contributed by atoms with Crippen LogP contribution in [0.4, 0.5) is 0 Å². The van der Waals surface area contributed by atoms with Crippen molar-refractivity contribution in [3.05, 3.63) is 0 Å². The van der Waals surface area contributed by atoms with Crippen molar-refractivity contribution in [3.63, 3.8) is 0 Å². The second-order valence-corrected chi connectivity index (χ2v) is 14.3. The van der Waals surface area contributed by atoms with E-state index in [1.165, 1.54) is 0 Å². The lowest BCUT2D eigenvalue weighted by Gasteiger charge is -2.32. The Kier molecular flexibility index (Phi) is 14.7. The molecule has 0 fully saturated rings. The number of rotatable bonds is 6. The first-order valence-corrected chi connectivity index (χ1v) is 10.0. The van der Waals surface area contributed by atoms with Gasteiger partial charge in [0.15, 0.2) is 18.1 Å². The van der Waals surface area contributed by atoms with Gasteiger partial charge < -0.3 is 4.12 Å². The van der Waals surface area contributed by atoms with E-state index < -0.39 is 18.1 Å². The molecule has 0 aromatic carbocycles. The van der Waals surface area contributed by atoms with Gasteiger partial charge in [0.2, 0.25) is 0 Å². The van der Waals surface area contributed by atoms with E-state index in [0.29, 0.717) is 0 Å². The van der Waals surface area contributed by atoms with Gasteiger partial charge in [-0.2, -0.15) is 0 Å². The molecule has 0 atom stereocenters. The summed E-state index contributed by atoms with van der Waals surface area (Å²) in [7, 11) is -1.98. The number of hydrogen-bond acceptors (Lipinski definition) is 1. The number of hydrogen-bond donors (Lipinski definition) is 0. The van der Waals surface area contributed by atoms with E-state index >= 15 is 0 Å². The van der Waals surface area contributed by atoms with Crippen LogP contribution >= 0.6 is 24.8 Å². The van der Waals surface area contributed by atoms with Crippen molar-refractivity contribution >= 4 is 42.9 Å². The van der Waals surface area contributed by atoms with Crippen LogP contribution in [-0.4, -0.2) is 18.1 Å². The first-order valence-electron chi connectivity index (χ1n) is 6.42. The predicted octanol–water partition coefficient (Wildman–Crippen LogP) is 4.93. The summed E-state index contributed by atoms with van der Waals surface area (Å²) < 4.78 is 6.57. The summed E-state index contributed by atoms with van der Waals surface area (Å²) >= 11 is 0. The fourth-order valence-electron chi connectivity index (χ4n) is 2.35. The minimum Gasteiger partial charge on any atom is -0.459 e. The molecule has 0 N–H and O–H groups in total. The molecule has 5 heteroatoms. The topological polar surface area (TPSA) is 9.23 Å². The lowest BCUT2D eigenvalue weighted by Crippen LogP contribution is -2.37. The summed E-state index contributed by atoms with van der Waals surface area (Å²) in [5.41, 5.74) is 3.10. The highest BCUT2D eigenvalue weighted by Gasteiger charge is 2.28. The lowest BCUT2D eigenvalue weighted by molar-refractivity contribution is 0.518. The third kappa shape index (κ3) is 8.65. The molecule has 0 aliphatic carbocycles. The quantitative estimate of drug-likeness (QED) is 0.630.